The minimum atomic E-state index is -0.307. The van der Waals surface area contributed by atoms with Crippen molar-refractivity contribution in [3.63, 3.8) is 0 Å². The molecule has 0 radical (unpaired) electrons. The molecule has 0 amide bonds. The summed E-state index contributed by atoms with van der Waals surface area (Å²) in [7, 11) is 0. The number of phenols is 1. The molecule has 4 aromatic rings. The summed E-state index contributed by atoms with van der Waals surface area (Å²) in [5, 5.41) is 11.1. The highest BCUT2D eigenvalue weighted by Crippen LogP contribution is 2.39. The maximum absolute atomic E-state index is 13.7. The highest BCUT2D eigenvalue weighted by molar-refractivity contribution is 5.96. The monoisotopic (exact) mass is 509 g/mol. The highest BCUT2D eigenvalue weighted by atomic mass is 16.3. The molecule has 4 rings (SSSR count). The fraction of sp³-hybridized carbons (Fsp3) is 0.333. The Morgan fingerprint density at radius 1 is 0.816 bits per heavy atom. The number of ketones is 1. The first-order valence-electron chi connectivity index (χ1n) is 13.1. The van der Waals surface area contributed by atoms with Crippen molar-refractivity contribution in [3.05, 3.63) is 113 Å². The van der Waals surface area contributed by atoms with Gasteiger partial charge in [-0.2, -0.15) is 0 Å². The molecule has 0 unspecified atom stereocenters. The number of nitrogens with zero attached hydrogens (tertiary/aromatic N) is 3. The molecule has 1 N–H and O–H groups in total. The van der Waals surface area contributed by atoms with E-state index in [1.54, 1.807) is 0 Å². The van der Waals surface area contributed by atoms with Crippen LogP contribution in [0.1, 0.15) is 74.2 Å². The smallest absolute Gasteiger partial charge is 0.210 e. The predicted molar refractivity (Wildman–Crippen MR) is 154 cm³/mol. The topological polar surface area (TPSA) is 59.5 Å². The van der Waals surface area contributed by atoms with Gasteiger partial charge in [-0.15, -0.1) is 0 Å². The van der Waals surface area contributed by atoms with Crippen LogP contribution in [0.4, 0.5) is 5.69 Å². The molecule has 198 valence electrons. The Bertz CT molecular complexity index is 1460. The van der Waals surface area contributed by atoms with Crippen molar-refractivity contribution in [2.75, 3.05) is 0 Å². The van der Waals surface area contributed by atoms with Gasteiger partial charge in [0.25, 0.3) is 0 Å². The van der Waals surface area contributed by atoms with Crippen LogP contribution in [0.3, 0.4) is 0 Å². The Morgan fingerprint density at radius 2 is 1.37 bits per heavy atom. The molecule has 1 aromatic heterocycles. The van der Waals surface area contributed by atoms with Gasteiger partial charge in [0, 0.05) is 29.1 Å². The fourth-order valence-electron chi connectivity index (χ4n) is 4.53. The van der Waals surface area contributed by atoms with E-state index in [-0.39, 0.29) is 28.9 Å². The molecule has 0 bridgehead atoms. The lowest BCUT2D eigenvalue weighted by Crippen LogP contribution is -2.29. The lowest BCUT2D eigenvalue weighted by atomic mass is 9.78. The van der Waals surface area contributed by atoms with Crippen molar-refractivity contribution in [3.8, 4) is 5.75 Å². The number of aryl methyl sites for hydroxylation is 1. The SMILES string of the molecule is Cc1ccc(N=c2n(CC(=O)c3cc(C(C)(C)C)c(O)c(C(C)(C)C)c3)ccn2Cc2ccccc2)cc1. The molecule has 0 fully saturated rings. The summed E-state index contributed by atoms with van der Waals surface area (Å²) in [5.41, 5.74) is 5.41. The zero-order chi connectivity index (χ0) is 27.7. The van der Waals surface area contributed by atoms with Gasteiger partial charge in [0.15, 0.2) is 5.78 Å². The average molecular weight is 510 g/mol. The lowest BCUT2D eigenvalue weighted by molar-refractivity contribution is 0.0970. The summed E-state index contributed by atoms with van der Waals surface area (Å²) in [6.07, 6.45) is 3.90. The van der Waals surface area contributed by atoms with E-state index in [1.807, 2.05) is 71.6 Å². The van der Waals surface area contributed by atoms with E-state index in [0.29, 0.717) is 17.7 Å². The maximum Gasteiger partial charge on any atom is 0.210 e. The Balaban J connectivity index is 1.78. The Morgan fingerprint density at radius 3 is 1.92 bits per heavy atom. The van der Waals surface area contributed by atoms with Crippen LogP contribution in [0.15, 0.2) is 84.1 Å². The number of benzene rings is 3. The van der Waals surface area contributed by atoms with Crippen molar-refractivity contribution in [2.45, 2.75) is 72.4 Å². The summed E-state index contributed by atoms with van der Waals surface area (Å²) in [4.78, 5) is 18.7. The van der Waals surface area contributed by atoms with Crippen molar-refractivity contribution in [2.24, 2.45) is 4.99 Å². The van der Waals surface area contributed by atoms with Gasteiger partial charge in [0.1, 0.15) is 5.75 Å². The third-order valence-electron chi connectivity index (χ3n) is 6.76. The molecule has 1 heterocycles. The molecular formula is C33H39N3O2. The number of carbonyl (C=O) groups excluding carboxylic acids is 1. The number of aromatic nitrogens is 2. The van der Waals surface area contributed by atoms with Gasteiger partial charge in [-0.05, 0) is 47.6 Å². The highest BCUT2D eigenvalue weighted by Gasteiger charge is 2.28. The molecule has 0 saturated carbocycles. The first-order valence-corrected chi connectivity index (χ1v) is 13.1. The third kappa shape index (κ3) is 6.16. The van der Waals surface area contributed by atoms with Crippen LogP contribution in [0.5, 0.6) is 5.75 Å². The molecule has 0 aliphatic rings. The van der Waals surface area contributed by atoms with E-state index in [4.69, 9.17) is 4.99 Å². The summed E-state index contributed by atoms with van der Waals surface area (Å²) < 4.78 is 3.98. The summed E-state index contributed by atoms with van der Waals surface area (Å²) in [6.45, 7) is 15.2. The molecule has 0 aliphatic carbocycles. The molecule has 3 aromatic carbocycles. The van der Waals surface area contributed by atoms with Gasteiger partial charge in [0.05, 0.1) is 18.8 Å². The molecule has 0 aliphatic heterocycles. The van der Waals surface area contributed by atoms with Gasteiger partial charge < -0.3 is 14.2 Å². The van der Waals surface area contributed by atoms with E-state index in [9.17, 15) is 9.90 Å². The number of hydrogen-bond donors (Lipinski definition) is 1. The zero-order valence-corrected chi connectivity index (χ0v) is 23.6. The Labute approximate surface area is 226 Å². The number of imidazole rings is 1. The van der Waals surface area contributed by atoms with Crippen molar-refractivity contribution in [1.29, 1.82) is 0 Å². The van der Waals surface area contributed by atoms with E-state index >= 15 is 0 Å². The van der Waals surface area contributed by atoms with E-state index < -0.39 is 0 Å². The normalized spacial score (nSPS) is 12.7. The molecule has 38 heavy (non-hydrogen) atoms. The number of hydrogen-bond acceptors (Lipinski definition) is 3. The molecule has 0 spiro atoms. The average Bonchev–Trinajstić information content (AvgIpc) is 3.20. The van der Waals surface area contributed by atoms with Crippen LogP contribution in [0, 0.1) is 6.92 Å². The first-order chi connectivity index (χ1) is 17.8. The third-order valence-corrected chi connectivity index (χ3v) is 6.76. The van der Waals surface area contributed by atoms with E-state index in [1.165, 1.54) is 5.56 Å². The summed E-state index contributed by atoms with van der Waals surface area (Å²) in [5.74, 6) is 0.252. The second kappa shape index (κ2) is 10.5. The second-order valence-electron chi connectivity index (χ2n) is 12.1. The van der Waals surface area contributed by atoms with Gasteiger partial charge >= 0.3 is 0 Å². The van der Waals surface area contributed by atoms with Crippen LogP contribution in [0.25, 0.3) is 0 Å². The largest absolute Gasteiger partial charge is 0.507 e. The van der Waals surface area contributed by atoms with Gasteiger partial charge in [-0.3, -0.25) is 4.79 Å². The molecule has 0 saturated heterocycles. The number of aromatic hydroxyl groups is 1. The fourth-order valence-corrected chi connectivity index (χ4v) is 4.53. The molecular weight excluding hydrogens is 470 g/mol. The van der Waals surface area contributed by atoms with Crippen molar-refractivity contribution in [1.82, 2.24) is 9.13 Å². The van der Waals surface area contributed by atoms with Crippen LogP contribution >= 0.6 is 0 Å². The van der Waals surface area contributed by atoms with E-state index in [2.05, 4.69) is 65.2 Å². The predicted octanol–water partition coefficient (Wildman–Crippen LogP) is 7.06. The lowest BCUT2D eigenvalue weighted by Gasteiger charge is -2.28. The molecule has 5 heteroatoms. The van der Waals surface area contributed by atoms with Crippen LogP contribution in [-0.4, -0.2) is 20.0 Å². The van der Waals surface area contributed by atoms with Gasteiger partial charge in [-0.25, -0.2) is 4.99 Å². The van der Waals surface area contributed by atoms with Gasteiger partial charge in [0.2, 0.25) is 5.62 Å². The van der Waals surface area contributed by atoms with Crippen LogP contribution < -0.4 is 5.62 Å². The number of carbonyl (C=O) groups is 1. The Kier molecular flexibility index (Phi) is 7.50. The Hall–Kier alpha value is -3.86. The second-order valence-corrected chi connectivity index (χ2v) is 12.1. The first kappa shape index (κ1) is 27.2. The van der Waals surface area contributed by atoms with Crippen molar-refractivity contribution < 1.29 is 9.90 Å². The summed E-state index contributed by atoms with van der Waals surface area (Å²) >= 11 is 0. The minimum absolute atomic E-state index is 0.0242. The maximum atomic E-state index is 13.7. The van der Waals surface area contributed by atoms with Crippen molar-refractivity contribution >= 4 is 11.5 Å². The minimum Gasteiger partial charge on any atom is -0.507 e. The summed E-state index contributed by atoms with van der Waals surface area (Å²) in [6, 6.07) is 22.0. The number of rotatable bonds is 6. The van der Waals surface area contributed by atoms with Gasteiger partial charge in [-0.1, -0.05) is 89.6 Å². The molecule has 5 nitrogen and oxygen atoms in total. The van der Waals surface area contributed by atoms with Crippen LogP contribution in [-0.2, 0) is 23.9 Å². The number of Topliss-reactive ketones (excluding diaryl/α,β-unsaturated/α-hetero) is 1. The van der Waals surface area contributed by atoms with Crippen LogP contribution in [0.2, 0.25) is 0 Å². The van der Waals surface area contributed by atoms with E-state index in [0.717, 1.165) is 22.4 Å². The molecule has 0 atom stereocenters. The zero-order valence-electron chi connectivity index (χ0n) is 23.6. The number of phenolic OH excluding ortho intramolecular Hbond substituents is 1. The standard InChI is InChI=1S/C33H39N3O2/c1-23-13-15-26(16-14-23)34-31-35(21-24-11-9-8-10-12-24)17-18-36(31)22-29(37)25-19-27(32(2,3)4)30(38)28(20-25)33(5,6)7/h8-20,38H,21-22H2,1-7H3. The quantitative estimate of drug-likeness (QED) is 0.283.